The highest BCUT2D eigenvalue weighted by Gasteiger charge is 2.27. The number of benzene rings is 1. The summed E-state index contributed by atoms with van der Waals surface area (Å²) in [5, 5.41) is 5.31. The second-order valence-electron chi connectivity index (χ2n) is 7.13. The summed E-state index contributed by atoms with van der Waals surface area (Å²) in [6, 6.07) is 2.73. The summed E-state index contributed by atoms with van der Waals surface area (Å²) < 4.78 is 41.9. The van der Waals surface area contributed by atoms with Gasteiger partial charge < -0.3 is 10.2 Å². The van der Waals surface area contributed by atoms with Crippen molar-refractivity contribution in [2.45, 2.75) is 49.1 Å². The molecule has 1 fully saturated rings. The summed E-state index contributed by atoms with van der Waals surface area (Å²) in [5.74, 6) is -0.856. The van der Waals surface area contributed by atoms with Gasteiger partial charge in [-0.15, -0.1) is 11.3 Å². The number of hydrogen-bond donors (Lipinski definition) is 2. The largest absolute Gasteiger partial charge is 0.379 e. The van der Waals surface area contributed by atoms with E-state index in [0.717, 1.165) is 49.2 Å². The summed E-state index contributed by atoms with van der Waals surface area (Å²) >= 11 is 7.44. The lowest BCUT2D eigenvalue weighted by Gasteiger charge is -2.32. The Morgan fingerprint density at radius 2 is 2.00 bits per heavy atom. The molecule has 154 valence electrons. The molecule has 0 saturated heterocycles. The number of nitrogens with zero attached hydrogens (tertiary/aromatic N) is 2. The van der Waals surface area contributed by atoms with Crippen LogP contribution in [0, 0.1) is 5.82 Å². The fraction of sp³-hybridized carbons (Fsp3) is 0.500. The predicted molar refractivity (Wildman–Crippen MR) is 112 cm³/mol. The first kappa shape index (κ1) is 21.3. The van der Waals surface area contributed by atoms with Gasteiger partial charge in [-0.25, -0.2) is 17.8 Å². The molecule has 0 unspecified atom stereocenters. The average molecular weight is 447 g/mol. The number of halogens is 2. The molecule has 1 aliphatic rings. The Balaban J connectivity index is 1.85. The Hall–Kier alpha value is -1.42. The van der Waals surface area contributed by atoms with E-state index >= 15 is 0 Å². The van der Waals surface area contributed by atoms with Crippen LogP contribution < -0.4 is 10.0 Å². The van der Waals surface area contributed by atoms with Crippen molar-refractivity contribution in [1.29, 1.82) is 0 Å². The quantitative estimate of drug-likeness (QED) is 0.643. The summed E-state index contributed by atoms with van der Waals surface area (Å²) in [6.07, 6.45) is 6.88. The zero-order valence-electron chi connectivity index (χ0n) is 15.8. The van der Waals surface area contributed by atoms with E-state index in [1.165, 1.54) is 12.6 Å². The fourth-order valence-electron chi connectivity index (χ4n) is 3.56. The Kier molecular flexibility index (Phi) is 6.80. The van der Waals surface area contributed by atoms with Crippen LogP contribution in [-0.2, 0) is 10.0 Å². The first-order valence-electron chi connectivity index (χ1n) is 9.12. The standard InChI is InChI=1S/C18H24ClFN4O2S2/c1-24(2)16-7-5-3-4-6-14(16)22-15-11-13(20)17(10-12(15)19)28(25,26)23-18-21-8-9-27-18/h8-11,14,16,22H,3-7H2,1-2H3,(H,21,23)/t14-,16-/m1/s1. The van der Waals surface area contributed by atoms with Gasteiger partial charge in [-0.2, -0.15) is 0 Å². The second-order valence-corrected chi connectivity index (χ2v) is 10.1. The van der Waals surface area contributed by atoms with E-state index in [2.05, 4.69) is 19.9 Å². The van der Waals surface area contributed by atoms with Gasteiger partial charge in [-0.05, 0) is 39.1 Å². The zero-order valence-corrected chi connectivity index (χ0v) is 18.2. The maximum absolute atomic E-state index is 14.7. The normalized spacial score (nSPS) is 20.8. The maximum Gasteiger partial charge on any atom is 0.266 e. The van der Waals surface area contributed by atoms with Crippen LogP contribution in [0.25, 0.3) is 0 Å². The minimum atomic E-state index is -4.11. The van der Waals surface area contributed by atoms with Crippen LogP contribution in [0.5, 0.6) is 0 Å². The summed E-state index contributed by atoms with van der Waals surface area (Å²) in [6.45, 7) is 0. The summed E-state index contributed by atoms with van der Waals surface area (Å²) in [7, 11) is -0.0448. The van der Waals surface area contributed by atoms with Gasteiger partial charge in [0.2, 0.25) is 0 Å². The lowest BCUT2D eigenvalue weighted by molar-refractivity contribution is 0.251. The van der Waals surface area contributed by atoms with E-state index in [-0.39, 0.29) is 16.2 Å². The first-order valence-corrected chi connectivity index (χ1v) is 11.9. The average Bonchev–Trinajstić information content (AvgIpc) is 3.00. The molecule has 6 nitrogen and oxygen atoms in total. The monoisotopic (exact) mass is 446 g/mol. The Morgan fingerprint density at radius 1 is 1.25 bits per heavy atom. The van der Waals surface area contributed by atoms with Crippen LogP contribution in [0.1, 0.15) is 32.1 Å². The van der Waals surface area contributed by atoms with E-state index in [1.54, 1.807) is 5.38 Å². The van der Waals surface area contributed by atoms with E-state index < -0.39 is 20.7 Å². The van der Waals surface area contributed by atoms with Crippen molar-refractivity contribution in [1.82, 2.24) is 9.88 Å². The number of sulfonamides is 1. The molecule has 2 aromatic rings. The highest BCUT2D eigenvalue weighted by molar-refractivity contribution is 7.93. The minimum Gasteiger partial charge on any atom is -0.379 e. The molecule has 1 aromatic carbocycles. The number of likely N-dealkylation sites (N-methyl/N-ethyl adjacent to an activating group) is 1. The molecule has 1 aliphatic carbocycles. The predicted octanol–water partition coefficient (Wildman–Crippen LogP) is 4.41. The second kappa shape index (κ2) is 8.94. The van der Waals surface area contributed by atoms with Crippen molar-refractivity contribution >= 4 is 43.8 Å². The van der Waals surface area contributed by atoms with Crippen LogP contribution in [0.4, 0.5) is 15.2 Å². The van der Waals surface area contributed by atoms with Crippen molar-refractivity contribution in [3.63, 3.8) is 0 Å². The van der Waals surface area contributed by atoms with Gasteiger partial charge in [0.25, 0.3) is 10.0 Å². The molecule has 3 rings (SSSR count). The molecule has 0 spiro atoms. The van der Waals surface area contributed by atoms with Crippen molar-refractivity contribution in [3.05, 3.63) is 34.5 Å². The van der Waals surface area contributed by atoms with Gasteiger partial charge in [-0.3, -0.25) is 4.72 Å². The minimum absolute atomic E-state index is 0.116. The van der Waals surface area contributed by atoms with Gasteiger partial charge in [0.1, 0.15) is 10.7 Å². The maximum atomic E-state index is 14.7. The number of aromatic nitrogens is 1. The van der Waals surface area contributed by atoms with Crippen molar-refractivity contribution in [2.24, 2.45) is 0 Å². The van der Waals surface area contributed by atoms with Gasteiger partial charge in [-0.1, -0.05) is 30.9 Å². The third kappa shape index (κ3) is 4.94. The van der Waals surface area contributed by atoms with Crippen molar-refractivity contribution in [2.75, 3.05) is 24.1 Å². The molecule has 0 bridgehead atoms. The molecule has 2 atom stereocenters. The van der Waals surface area contributed by atoms with Crippen LogP contribution in [0.15, 0.2) is 28.6 Å². The van der Waals surface area contributed by atoms with Gasteiger partial charge in [0.15, 0.2) is 5.13 Å². The van der Waals surface area contributed by atoms with Crippen LogP contribution in [0.2, 0.25) is 5.02 Å². The Morgan fingerprint density at radius 3 is 2.68 bits per heavy atom. The molecule has 28 heavy (non-hydrogen) atoms. The number of anilines is 2. The summed E-state index contributed by atoms with van der Waals surface area (Å²) in [4.78, 5) is 5.54. The zero-order chi connectivity index (χ0) is 20.3. The number of hydrogen-bond acceptors (Lipinski definition) is 6. The third-order valence-corrected chi connectivity index (χ3v) is 7.43. The summed E-state index contributed by atoms with van der Waals surface area (Å²) in [5.41, 5.74) is 0.408. The lowest BCUT2D eigenvalue weighted by atomic mass is 10.0. The molecule has 0 radical (unpaired) electrons. The highest BCUT2D eigenvalue weighted by Crippen LogP contribution is 2.32. The van der Waals surface area contributed by atoms with Crippen LogP contribution in [0.3, 0.4) is 0 Å². The van der Waals surface area contributed by atoms with Gasteiger partial charge in [0, 0.05) is 23.7 Å². The van der Waals surface area contributed by atoms with Crippen molar-refractivity contribution in [3.8, 4) is 0 Å². The van der Waals surface area contributed by atoms with E-state index in [0.29, 0.717) is 11.7 Å². The molecular weight excluding hydrogens is 423 g/mol. The van der Waals surface area contributed by atoms with Gasteiger partial charge >= 0.3 is 0 Å². The Bertz CT molecular complexity index is 907. The third-order valence-electron chi connectivity index (χ3n) is 4.95. The number of nitrogens with one attached hydrogen (secondary N) is 2. The van der Waals surface area contributed by atoms with E-state index in [1.807, 2.05) is 14.1 Å². The molecule has 1 heterocycles. The molecule has 1 saturated carbocycles. The SMILES string of the molecule is CN(C)[C@@H]1CCCCC[C@H]1Nc1cc(F)c(S(=O)(=O)Nc2nccs2)cc1Cl. The van der Waals surface area contributed by atoms with Gasteiger partial charge in [0.05, 0.1) is 10.7 Å². The van der Waals surface area contributed by atoms with E-state index in [4.69, 9.17) is 11.6 Å². The molecular formula is C18H24ClFN4O2S2. The van der Waals surface area contributed by atoms with Crippen molar-refractivity contribution < 1.29 is 12.8 Å². The smallest absolute Gasteiger partial charge is 0.266 e. The van der Waals surface area contributed by atoms with Crippen LogP contribution in [-0.4, -0.2) is 44.5 Å². The Labute approximate surface area is 174 Å². The van der Waals surface area contributed by atoms with Crippen LogP contribution >= 0.6 is 22.9 Å². The molecule has 10 heteroatoms. The molecule has 2 N–H and O–H groups in total. The fourth-order valence-corrected chi connectivity index (χ4v) is 5.72. The highest BCUT2D eigenvalue weighted by atomic mass is 35.5. The number of rotatable bonds is 6. The molecule has 1 aromatic heterocycles. The lowest BCUT2D eigenvalue weighted by Crippen LogP contribution is -2.42. The number of thiazole rings is 1. The topological polar surface area (TPSA) is 74.3 Å². The molecule has 0 amide bonds. The molecule has 0 aliphatic heterocycles. The first-order chi connectivity index (χ1) is 13.3. The van der Waals surface area contributed by atoms with E-state index in [9.17, 15) is 12.8 Å².